The molecule has 0 unspecified atom stereocenters. The van der Waals surface area contributed by atoms with Crippen LogP contribution in [0.4, 0.5) is 46.8 Å². The van der Waals surface area contributed by atoms with Crippen LogP contribution >= 0.6 is 0 Å². The van der Waals surface area contributed by atoms with E-state index < -0.39 is 77.0 Å². The predicted molar refractivity (Wildman–Crippen MR) is 528 cm³/mol. The number of nitrogens with one attached hydrogen (secondary N) is 1. The number of carbonyl (C=O) groups excluding carboxylic acids is 6. The number of nitro benzene ring substituents is 1. The molecule has 0 spiro atoms. The van der Waals surface area contributed by atoms with Gasteiger partial charge in [0, 0.05) is 73.4 Å². The van der Waals surface area contributed by atoms with E-state index in [1.54, 1.807) is 73.3 Å². The summed E-state index contributed by atoms with van der Waals surface area (Å²) in [7, 11) is 0. The second-order valence-corrected chi connectivity index (χ2v) is 35.4. The summed E-state index contributed by atoms with van der Waals surface area (Å²) in [5.74, 6) is -5.14. The van der Waals surface area contributed by atoms with Crippen LogP contribution in [0.25, 0.3) is 11.4 Å². The number of carbonyl (C=O) groups is 7. The van der Waals surface area contributed by atoms with E-state index in [9.17, 15) is 86.1 Å². The Morgan fingerprint density at radius 2 is 0.784 bits per heavy atom. The number of nitrogens with zero attached hydrogens (tertiary/aromatic N) is 14. The number of aliphatic hydroxyl groups is 5. The largest absolute Gasteiger partial charge is 1.00 e. The van der Waals surface area contributed by atoms with E-state index in [-0.39, 0.29) is 151 Å². The van der Waals surface area contributed by atoms with Crippen LogP contribution in [0.5, 0.6) is 5.75 Å². The Morgan fingerprint density at radius 3 is 1.13 bits per heavy atom. The van der Waals surface area contributed by atoms with Gasteiger partial charge in [-0.3, -0.25) is 19.9 Å². The molecule has 0 radical (unpaired) electrons. The van der Waals surface area contributed by atoms with Crippen molar-refractivity contribution in [2.75, 3.05) is 39.3 Å². The van der Waals surface area contributed by atoms with E-state index in [0.717, 1.165) is 98.7 Å². The first-order valence-electron chi connectivity index (χ1n) is 47.8. The Bertz CT molecular complexity index is 5600. The number of benzene rings is 7. The molecular formula is C105H127F5N15NaO22. The monoisotopic (exact) mass is 2070 g/mol. The van der Waals surface area contributed by atoms with Crippen molar-refractivity contribution in [3.8, 4) is 17.1 Å². The Balaban J connectivity index is 0.000000230. The first-order valence-corrected chi connectivity index (χ1v) is 47.8. The maximum Gasteiger partial charge on any atom is 1.00 e. The zero-order valence-corrected chi connectivity index (χ0v) is 85.6. The van der Waals surface area contributed by atoms with Gasteiger partial charge in [0.2, 0.25) is 5.95 Å². The Labute approximate surface area is 876 Å². The van der Waals surface area contributed by atoms with Crippen molar-refractivity contribution < 1.29 is 155 Å². The van der Waals surface area contributed by atoms with Crippen LogP contribution in [-0.2, 0) is 56.3 Å². The number of aromatic carboxylic acids is 1. The summed E-state index contributed by atoms with van der Waals surface area (Å²) in [6.45, 7) is 17.4. The summed E-state index contributed by atoms with van der Waals surface area (Å²) in [5, 5.41) is 94.9. The number of nitro groups is 1. The smallest absolute Gasteiger partial charge is 0.870 e. The minimum atomic E-state index is -4.88. The normalized spacial score (nSPS) is 20.0. The molecule has 7 aromatic carbocycles. The van der Waals surface area contributed by atoms with Crippen molar-refractivity contribution in [1.82, 2.24) is 69.8 Å². The molecule has 5 amide bonds. The summed E-state index contributed by atoms with van der Waals surface area (Å²) < 4.78 is 86.5. The van der Waals surface area contributed by atoms with Crippen LogP contribution in [0.1, 0.15) is 183 Å². The van der Waals surface area contributed by atoms with Gasteiger partial charge >= 0.3 is 72.0 Å². The number of piperidine rings is 6. The van der Waals surface area contributed by atoms with Gasteiger partial charge in [-0.15, -0.1) is 0 Å². The first kappa shape index (κ1) is 121. The molecule has 12 atom stereocenters. The summed E-state index contributed by atoms with van der Waals surface area (Å²) in [5.41, 5.74) is 5.06. The molecule has 17 rings (SSSR count). The molecule has 6 saturated heterocycles. The van der Waals surface area contributed by atoms with Crippen LogP contribution in [0, 0.1) is 28.8 Å². The van der Waals surface area contributed by atoms with Crippen molar-refractivity contribution in [3.63, 3.8) is 0 Å². The molecule has 790 valence electrons. The number of hydrogen-bond donors (Lipinski definition) is 8. The molecule has 37 nitrogen and oxygen atoms in total. The van der Waals surface area contributed by atoms with Crippen molar-refractivity contribution in [2.24, 2.45) is 0 Å². The maximum atomic E-state index is 12.8. The van der Waals surface area contributed by atoms with Crippen LogP contribution in [-0.4, -0.2) is 265 Å². The number of aliphatic hydroxyl groups excluding tert-OH is 5. The van der Waals surface area contributed by atoms with E-state index in [1.807, 2.05) is 181 Å². The molecule has 148 heavy (non-hydrogen) atoms. The van der Waals surface area contributed by atoms with Gasteiger partial charge < -0.3 is 94.7 Å². The van der Waals surface area contributed by atoms with Gasteiger partial charge in [0.05, 0.1) is 121 Å². The third kappa shape index (κ3) is 40.4. The molecule has 11 aromatic rings. The topological polar surface area (TPSA) is 496 Å². The number of carboxylic acid groups (broad SMARTS) is 1. The number of amides is 5. The summed E-state index contributed by atoms with van der Waals surface area (Å²) in [6.07, 6.45) is 9.18. The SMILES string of the molecule is C[C@@H]1CC[C@@H](O)CN1.C[C@@H]1CC[C@@H](O)CN1C(=O)OCc1ccccc1.C[C@@H]1CC[C@@H](O)CN1C(=O)OCc1ccccc1.C[C@@H]1CC[C@@H](O)CN1C(=O)c1ccccc1-n1nccn1.C[C@@H]1CC[C@@H](OC(=O)c2ccc([N+](=O)[O-])cc2)CN1C(=O)OCc1ccccc1.C[C@@H]1CC[C@H](O)CN1C(=O)OCc1ccccc1.Cc1ccc(O)cn1.Fc1nccc(C(F)(F)F)c1F.O=C(O)c1ccccc1-n1nccn1.[Na+].[OH-]. The third-order valence-corrected chi connectivity index (χ3v) is 24.1. The summed E-state index contributed by atoms with van der Waals surface area (Å²) in [4.78, 5) is 112. The van der Waals surface area contributed by atoms with Gasteiger partial charge in [0.25, 0.3) is 11.6 Å². The number of aryl methyl sites for hydroxylation is 1. The number of alkyl halides is 3. The van der Waals surface area contributed by atoms with Gasteiger partial charge in [0.1, 0.15) is 44.0 Å². The molecular weight excluding hydrogens is 1940 g/mol. The van der Waals surface area contributed by atoms with E-state index in [4.69, 9.17) is 39.0 Å². The fraction of sp³-hybridized carbons (Fsp3) is 0.400. The number of para-hydroxylation sites is 2. The molecule has 4 aromatic heterocycles. The van der Waals surface area contributed by atoms with Crippen molar-refractivity contribution >= 4 is 47.9 Å². The Hall–Kier alpha value is -13.8. The second-order valence-electron chi connectivity index (χ2n) is 35.4. The summed E-state index contributed by atoms with van der Waals surface area (Å²) >= 11 is 0. The molecule has 0 saturated carbocycles. The van der Waals surface area contributed by atoms with Gasteiger partial charge in [-0.2, -0.15) is 47.5 Å². The Morgan fingerprint density at radius 1 is 0.432 bits per heavy atom. The molecule has 9 N–H and O–H groups in total. The number of likely N-dealkylation sites (tertiary alicyclic amines) is 5. The number of ether oxygens (including phenoxy) is 5. The minimum absolute atomic E-state index is 0. The van der Waals surface area contributed by atoms with E-state index >= 15 is 0 Å². The van der Waals surface area contributed by atoms with Crippen molar-refractivity contribution in [3.05, 3.63) is 322 Å². The van der Waals surface area contributed by atoms with Crippen molar-refractivity contribution in [2.45, 2.75) is 231 Å². The number of β-amino-alcohol motifs (C(OH)–C–C–N with tert-alkyl or cyclic N) is 5. The van der Waals surface area contributed by atoms with E-state index in [0.29, 0.717) is 74.3 Å². The third-order valence-electron chi connectivity index (χ3n) is 24.1. The molecule has 6 aliphatic heterocycles. The number of pyridine rings is 2. The van der Waals surface area contributed by atoms with Crippen LogP contribution < -0.4 is 34.9 Å². The molecule has 6 fully saturated rings. The van der Waals surface area contributed by atoms with Crippen LogP contribution in [0.2, 0.25) is 0 Å². The number of rotatable bonds is 15. The fourth-order valence-electron chi connectivity index (χ4n) is 15.5. The standard InChI is InChI=1S/C21H22N2O6.C15H18N4O2.3C14H19NO3.C9H7N3O2.C6H2F5N.C6H13NO.C6H7NO.Na.H2O/c1-15-7-12-19(29-20(24)17-8-10-18(11-9-17)23(26)27)13-22(15)21(25)28-14-16-5-3-2-4-6-16;1-11-6-7-12(20)10-18(11)15(21)13-4-2-3-5-14(13)19-16-8-9-17-19;3*1-11-7-8-13(16)9-15(11)14(17)18-10-12-5-3-2-4-6-12;13-9(14)7-3-1-2-4-8(7)12-10-5-6-11-12;7-4-3(6(9,10)11)1-2-12-5(4)8;2*1-5-2-3-6(8)4-7-5;;/h2-6,8-11,15,19H,7,12-14H2,1H3;2-5,8-9,11-12,20H,6-7,10H2,1H3;3*2-6,11,13,16H,7-10H2,1H3;1-6H,(H,13,14);1-2H;5-8H,2-4H2,1H3;2-4,8H,1H3;;1H2/q;;;;;;;;;+1;/p-1/t15-,19-;11-,12-;11-,13+;2*11-,13-;;;5-,6-;;;/m11111..1.../s1. The van der Waals surface area contributed by atoms with Crippen LogP contribution in [0.3, 0.4) is 0 Å². The van der Waals surface area contributed by atoms with Gasteiger partial charge in [-0.05, 0) is 202 Å². The van der Waals surface area contributed by atoms with Crippen molar-refractivity contribution in [1.29, 1.82) is 0 Å². The zero-order valence-electron chi connectivity index (χ0n) is 83.6. The molecule has 10 heterocycles. The number of aromatic nitrogens is 8. The van der Waals surface area contributed by atoms with E-state index in [1.165, 1.54) is 58.5 Å². The second kappa shape index (κ2) is 62.4. The molecule has 6 aliphatic rings. The number of hydrogen-bond acceptors (Lipinski definition) is 28. The Kier molecular flexibility index (Phi) is 51.0. The predicted octanol–water partition coefficient (Wildman–Crippen LogP) is 13.1. The van der Waals surface area contributed by atoms with Gasteiger partial charge in [-0.1, -0.05) is 146 Å². The van der Waals surface area contributed by atoms with E-state index in [2.05, 4.69) is 42.6 Å². The van der Waals surface area contributed by atoms with Gasteiger partial charge in [-0.25, -0.2) is 38.1 Å². The zero-order chi connectivity index (χ0) is 106. The quantitative estimate of drug-likeness (QED) is 0.00898. The maximum absolute atomic E-state index is 12.8. The molecule has 0 bridgehead atoms. The minimum Gasteiger partial charge on any atom is -0.870 e. The summed E-state index contributed by atoms with van der Waals surface area (Å²) in [6, 6.07) is 62.1. The van der Waals surface area contributed by atoms with Crippen LogP contribution in [0.15, 0.2) is 250 Å². The number of aromatic hydroxyl groups is 1. The average Bonchev–Trinajstić information content (AvgIpc) is 1.25. The molecule has 0 aliphatic carbocycles. The first-order chi connectivity index (χ1) is 69.9. The number of esters is 1. The van der Waals surface area contributed by atoms with Gasteiger partial charge in [0.15, 0.2) is 5.82 Å². The average molecular weight is 2070 g/mol. The fourth-order valence-corrected chi connectivity index (χ4v) is 15.5. The molecule has 43 heteroatoms. The number of halogens is 5. The number of non-ortho nitro benzene ring substituents is 1. The number of carboxylic acids is 1.